The molecule has 5 aliphatic carbocycles. The summed E-state index contributed by atoms with van der Waals surface area (Å²) in [5.41, 5.74) is 8.15. The zero-order chi connectivity index (χ0) is 20.6. The fourth-order valence-corrected chi connectivity index (χ4v) is 9.25. The lowest BCUT2D eigenvalue weighted by atomic mass is 9.24. The molecule has 0 saturated heterocycles. The third-order valence-electron chi connectivity index (χ3n) is 10.2. The predicted molar refractivity (Wildman–Crippen MR) is 117 cm³/mol. The molecule has 1 spiro atoms. The standard InChI is InChI=1S/C26H36N2O2/c1-2-30-17-24-13-19-12-23(22(29)28-21-10-8-20(27)9-11-21)14-25(16-24,26(19,24)15-23)18-6-4-3-5-7-18/h3-7,19-21H,2,8-17,27H2,1H3,(H,28,29)/t19?,20?,21?,23?,24-,25-,26?/m1/s1. The number of ether oxygens (including phenoxy) is 1. The van der Waals surface area contributed by atoms with Crippen LogP contribution in [-0.4, -0.2) is 31.2 Å². The number of carbonyl (C=O) groups excluding carboxylic acids is 1. The van der Waals surface area contributed by atoms with Crippen LogP contribution in [0.1, 0.15) is 70.3 Å². The maximum atomic E-state index is 13.8. The van der Waals surface area contributed by atoms with Gasteiger partial charge in [-0.05, 0) is 81.6 Å². The molecule has 1 aromatic carbocycles. The first-order valence-electron chi connectivity index (χ1n) is 12.2. The lowest BCUT2D eigenvalue weighted by Gasteiger charge is -2.80. The molecule has 5 aliphatic rings. The third-order valence-corrected chi connectivity index (χ3v) is 10.2. The monoisotopic (exact) mass is 408 g/mol. The normalized spacial score (nSPS) is 47.9. The largest absolute Gasteiger partial charge is 0.381 e. The number of hydrogen-bond donors (Lipinski definition) is 2. The van der Waals surface area contributed by atoms with E-state index < -0.39 is 0 Å². The van der Waals surface area contributed by atoms with Gasteiger partial charge in [0.25, 0.3) is 0 Å². The van der Waals surface area contributed by atoms with Gasteiger partial charge in [0.05, 0.1) is 12.0 Å². The predicted octanol–water partition coefficient (Wildman–Crippen LogP) is 3.93. The molecule has 0 aromatic heterocycles. The van der Waals surface area contributed by atoms with Gasteiger partial charge in [0, 0.05) is 29.5 Å². The highest BCUT2D eigenvalue weighted by molar-refractivity contribution is 5.85. The van der Waals surface area contributed by atoms with Gasteiger partial charge in [-0.15, -0.1) is 0 Å². The smallest absolute Gasteiger partial charge is 0.226 e. The van der Waals surface area contributed by atoms with Gasteiger partial charge in [-0.2, -0.15) is 0 Å². The van der Waals surface area contributed by atoms with E-state index in [1.165, 1.54) is 18.4 Å². The average Bonchev–Trinajstić information content (AvgIpc) is 3.22. The maximum Gasteiger partial charge on any atom is 0.226 e. The number of nitrogens with one attached hydrogen (secondary N) is 1. The van der Waals surface area contributed by atoms with E-state index in [1.807, 2.05) is 0 Å². The van der Waals surface area contributed by atoms with Crippen LogP contribution in [0.25, 0.3) is 0 Å². The molecule has 5 fully saturated rings. The SMILES string of the molecule is CCOC[C@]12CC3CC4(C(=O)NC5CCC(N)CC5)CC31[C@](c1ccccc1)(C4)C2. The van der Waals surface area contributed by atoms with Crippen molar-refractivity contribution in [3.05, 3.63) is 35.9 Å². The van der Waals surface area contributed by atoms with Crippen LogP contribution in [0.3, 0.4) is 0 Å². The second-order valence-electron chi connectivity index (χ2n) is 11.3. The lowest BCUT2D eigenvalue weighted by Crippen LogP contribution is -2.77. The summed E-state index contributed by atoms with van der Waals surface area (Å²) in [6.45, 7) is 3.77. The quantitative estimate of drug-likeness (QED) is 0.750. The van der Waals surface area contributed by atoms with Crippen molar-refractivity contribution in [3.8, 4) is 0 Å². The van der Waals surface area contributed by atoms with E-state index >= 15 is 0 Å². The Kier molecular flexibility index (Phi) is 4.07. The molecule has 1 amide bonds. The van der Waals surface area contributed by atoms with Crippen LogP contribution in [0.4, 0.5) is 0 Å². The first kappa shape index (κ1) is 19.3. The van der Waals surface area contributed by atoms with Gasteiger partial charge in [0.1, 0.15) is 0 Å². The Morgan fingerprint density at radius 3 is 2.60 bits per heavy atom. The molecule has 162 valence electrons. The average molecular weight is 409 g/mol. The van der Waals surface area contributed by atoms with E-state index in [-0.39, 0.29) is 16.2 Å². The zero-order valence-electron chi connectivity index (χ0n) is 18.3. The van der Waals surface area contributed by atoms with E-state index in [4.69, 9.17) is 10.5 Å². The van der Waals surface area contributed by atoms with Gasteiger partial charge in [-0.25, -0.2) is 0 Å². The highest BCUT2D eigenvalue weighted by atomic mass is 16.5. The second kappa shape index (κ2) is 6.32. The van der Waals surface area contributed by atoms with E-state index in [2.05, 4.69) is 42.6 Å². The van der Waals surface area contributed by atoms with Crippen molar-refractivity contribution in [2.45, 2.75) is 82.2 Å². The fraction of sp³-hybridized carbons (Fsp3) is 0.731. The van der Waals surface area contributed by atoms with Crippen LogP contribution in [0, 0.1) is 22.2 Å². The van der Waals surface area contributed by atoms with Gasteiger partial charge in [-0.3, -0.25) is 4.79 Å². The third kappa shape index (κ3) is 2.17. The topological polar surface area (TPSA) is 64.3 Å². The first-order chi connectivity index (χ1) is 14.5. The summed E-state index contributed by atoms with van der Waals surface area (Å²) in [4.78, 5) is 13.8. The molecule has 0 aliphatic heterocycles. The summed E-state index contributed by atoms with van der Waals surface area (Å²) in [7, 11) is 0. The molecule has 5 atom stereocenters. The molecule has 3 N–H and O–H groups in total. The highest BCUT2D eigenvalue weighted by Crippen LogP contribution is 2.93. The summed E-state index contributed by atoms with van der Waals surface area (Å²) in [6.07, 6.45) is 9.81. The van der Waals surface area contributed by atoms with Crippen molar-refractivity contribution in [3.63, 3.8) is 0 Å². The molecule has 1 aromatic rings. The molecule has 6 rings (SSSR count). The van der Waals surface area contributed by atoms with Gasteiger partial charge in [0.2, 0.25) is 5.91 Å². The minimum Gasteiger partial charge on any atom is -0.381 e. The summed E-state index contributed by atoms with van der Waals surface area (Å²) in [5.74, 6) is 1.04. The number of amides is 1. The minimum absolute atomic E-state index is 0.176. The lowest BCUT2D eigenvalue weighted by molar-refractivity contribution is -0.298. The molecule has 30 heavy (non-hydrogen) atoms. The number of carbonyl (C=O) groups is 1. The van der Waals surface area contributed by atoms with Crippen LogP contribution in [0.5, 0.6) is 0 Å². The number of hydrogen-bond acceptors (Lipinski definition) is 3. The van der Waals surface area contributed by atoms with Crippen molar-refractivity contribution in [2.75, 3.05) is 13.2 Å². The second-order valence-corrected chi connectivity index (χ2v) is 11.3. The molecule has 5 saturated carbocycles. The van der Waals surface area contributed by atoms with Gasteiger partial charge in [-0.1, -0.05) is 30.3 Å². The summed E-state index contributed by atoms with van der Waals surface area (Å²) >= 11 is 0. The Labute approximate surface area is 180 Å². The molecule has 0 heterocycles. The molecular weight excluding hydrogens is 372 g/mol. The summed E-state index contributed by atoms with van der Waals surface area (Å²) < 4.78 is 6.03. The summed E-state index contributed by atoms with van der Waals surface area (Å²) in [5, 5.41) is 3.50. The number of benzene rings is 1. The number of rotatable bonds is 6. The maximum absolute atomic E-state index is 13.8. The van der Waals surface area contributed by atoms with Crippen molar-refractivity contribution >= 4 is 5.91 Å². The number of fused-ring (bicyclic) bond motifs is 1. The zero-order valence-corrected chi connectivity index (χ0v) is 18.3. The van der Waals surface area contributed by atoms with Crippen molar-refractivity contribution in [1.82, 2.24) is 5.32 Å². The number of nitrogens with two attached hydrogens (primary N) is 1. The van der Waals surface area contributed by atoms with Crippen LogP contribution >= 0.6 is 0 Å². The van der Waals surface area contributed by atoms with Crippen LogP contribution in [0.15, 0.2) is 30.3 Å². The Bertz CT molecular complexity index is 850. The molecular formula is C26H36N2O2. The fourth-order valence-electron chi connectivity index (χ4n) is 9.25. The van der Waals surface area contributed by atoms with Crippen LogP contribution < -0.4 is 11.1 Å². The Balaban J connectivity index is 1.31. The molecule has 3 unspecified atom stereocenters. The van der Waals surface area contributed by atoms with Gasteiger partial charge < -0.3 is 15.8 Å². The van der Waals surface area contributed by atoms with E-state index in [0.29, 0.717) is 29.3 Å². The highest BCUT2D eigenvalue weighted by Gasteiger charge is 2.90. The van der Waals surface area contributed by atoms with E-state index in [9.17, 15) is 4.79 Å². The molecule has 0 radical (unpaired) electrons. The van der Waals surface area contributed by atoms with Crippen LogP contribution in [0.2, 0.25) is 0 Å². The van der Waals surface area contributed by atoms with Crippen molar-refractivity contribution in [1.29, 1.82) is 0 Å². The van der Waals surface area contributed by atoms with Gasteiger partial charge in [0.15, 0.2) is 0 Å². The molecule has 2 bridgehead atoms. The Hall–Kier alpha value is -1.39. The van der Waals surface area contributed by atoms with Crippen molar-refractivity contribution < 1.29 is 9.53 Å². The van der Waals surface area contributed by atoms with Crippen LogP contribution in [-0.2, 0) is 14.9 Å². The Morgan fingerprint density at radius 1 is 1.10 bits per heavy atom. The van der Waals surface area contributed by atoms with E-state index in [0.717, 1.165) is 58.2 Å². The summed E-state index contributed by atoms with van der Waals surface area (Å²) in [6, 6.07) is 11.8. The van der Waals surface area contributed by atoms with Gasteiger partial charge >= 0.3 is 0 Å². The van der Waals surface area contributed by atoms with E-state index in [1.54, 1.807) is 0 Å². The molecule has 4 nitrogen and oxygen atoms in total. The minimum atomic E-state index is -0.176. The Morgan fingerprint density at radius 2 is 1.87 bits per heavy atom. The molecule has 4 heteroatoms. The van der Waals surface area contributed by atoms with Crippen molar-refractivity contribution in [2.24, 2.45) is 27.9 Å². The first-order valence-corrected chi connectivity index (χ1v) is 12.2.